The molecule has 0 aromatic heterocycles. The summed E-state index contributed by atoms with van der Waals surface area (Å²) in [5.41, 5.74) is 1.23. The Morgan fingerprint density at radius 2 is 2.37 bits per heavy atom. The molecule has 1 saturated heterocycles. The predicted octanol–water partition coefficient (Wildman–Crippen LogP) is 2.64. The number of carbonyl (C=O) groups excluding carboxylic acids is 1. The second-order valence-electron chi connectivity index (χ2n) is 5.25. The Hall–Kier alpha value is -0.870. The average molecular weight is 325 g/mol. The summed E-state index contributed by atoms with van der Waals surface area (Å²) >= 11 is 3.47. The molecule has 0 aliphatic carbocycles. The average Bonchev–Trinajstić information content (AvgIpc) is 2.39. The number of benzene rings is 1. The summed E-state index contributed by atoms with van der Waals surface area (Å²) in [6.07, 6.45) is 4.13. The SMILES string of the molecule is CC(Cc1cccc(Br)c1)NC(=O)C1CCCCN1. The van der Waals surface area contributed by atoms with E-state index in [0.29, 0.717) is 0 Å². The van der Waals surface area contributed by atoms with Crippen LogP contribution < -0.4 is 10.6 Å². The van der Waals surface area contributed by atoms with Crippen LogP contribution in [0.1, 0.15) is 31.7 Å². The quantitative estimate of drug-likeness (QED) is 0.894. The summed E-state index contributed by atoms with van der Waals surface area (Å²) in [7, 11) is 0. The number of hydrogen-bond acceptors (Lipinski definition) is 2. The van der Waals surface area contributed by atoms with E-state index in [-0.39, 0.29) is 18.0 Å². The van der Waals surface area contributed by atoms with E-state index in [9.17, 15) is 4.79 Å². The molecule has 0 saturated carbocycles. The minimum absolute atomic E-state index is 0.00119. The van der Waals surface area contributed by atoms with Crippen LogP contribution in [0.5, 0.6) is 0 Å². The van der Waals surface area contributed by atoms with Crippen LogP contribution >= 0.6 is 15.9 Å². The first-order valence-electron chi connectivity index (χ1n) is 6.93. The van der Waals surface area contributed by atoms with Crippen LogP contribution in [-0.2, 0) is 11.2 Å². The molecular weight excluding hydrogens is 304 g/mol. The fraction of sp³-hybridized carbons (Fsp3) is 0.533. The van der Waals surface area contributed by atoms with Crippen LogP contribution in [0.25, 0.3) is 0 Å². The summed E-state index contributed by atoms with van der Waals surface area (Å²) < 4.78 is 1.08. The standard InChI is InChI=1S/C15H21BrN2O/c1-11(9-12-5-4-6-13(16)10-12)18-15(19)14-7-2-3-8-17-14/h4-6,10-11,14,17H,2-3,7-9H2,1H3,(H,18,19). The maximum Gasteiger partial charge on any atom is 0.237 e. The number of nitrogens with one attached hydrogen (secondary N) is 2. The van der Waals surface area contributed by atoms with Crippen molar-refractivity contribution in [3.05, 3.63) is 34.3 Å². The zero-order chi connectivity index (χ0) is 13.7. The third-order valence-electron chi connectivity index (χ3n) is 3.45. The van der Waals surface area contributed by atoms with Gasteiger partial charge in [-0.05, 0) is 50.4 Å². The minimum Gasteiger partial charge on any atom is -0.352 e. The lowest BCUT2D eigenvalue weighted by atomic mass is 10.0. The normalized spacial score (nSPS) is 20.8. The van der Waals surface area contributed by atoms with E-state index in [1.807, 2.05) is 12.1 Å². The topological polar surface area (TPSA) is 41.1 Å². The first kappa shape index (κ1) is 14.5. The molecule has 19 heavy (non-hydrogen) atoms. The van der Waals surface area contributed by atoms with Crippen LogP contribution in [0.15, 0.2) is 28.7 Å². The third-order valence-corrected chi connectivity index (χ3v) is 3.94. The van der Waals surface area contributed by atoms with E-state index in [1.54, 1.807) is 0 Å². The maximum absolute atomic E-state index is 12.1. The highest BCUT2D eigenvalue weighted by Crippen LogP contribution is 2.13. The maximum atomic E-state index is 12.1. The molecule has 1 fully saturated rings. The Labute approximate surface area is 123 Å². The number of rotatable bonds is 4. The highest BCUT2D eigenvalue weighted by Gasteiger charge is 2.21. The van der Waals surface area contributed by atoms with E-state index < -0.39 is 0 Å². The van der Waals surface area contributed by atoms with Gasteiger partial charge in [0, 0.05) is 10.5 Å². The largest absolute Gasteiger partial charge is 0.352 e. The zero-order valence-corrected chi connectivity index (χ0v) is 12.9. The van der Waals surface area contributed by atoms with Crippen LogP contribution in [0, 0.1) is 0 Å². The van der Waals surface area contributed by atoms with Crippen molar-refractivity contribution >= 4 is 21.8 Å². The molecular formula is C15H21BrN2O. The molecule has 2 atom stereocenters. The lowest BCUT2D eigenvalue weighted by Crippen LogP contribution is -2.49. The number of hydrogen-bond donors (Lipinski definition) is 2. The van der Waals surface area contributed by atoms with Gasteiger partial charge in [0.25, 0.3) is 0 Å². The lowest BCUT2D eigenvalue weighted by molar-refractivity contribution is -0.124. The minimum atomic E-state index is -0.00119. The van der Waals surface area contributed by atoms with Crippen molar-refractivity contribution in [1.29, 1.82) is 0 Å². The second kappa shape index (κ2) is 7.06. The molecule has 0 spiro atoms. The van der Waals surface area contributed by atoms with Gasteiger partial charge in [0.1, 0.15) is 0 Å². The van der Waals surface area contributed by atoms with Gasteiger partial charge < -0.3 is 10.6 Å². The molecule has 0 radical (unpaired) electrons. The number of amides is 1. The van der Waals surface area contributed by atoms with Crippen molar-refractivity contribution in [2.24, 2.45) is 0 Å². The summed E-state index contributed by atoms with van der Waals surface area (Å²) in [5, 5.41) is 6.38. The Kier molecular flexibility index (Phi) is 5.40. The second-order valence-corrected chi connectivity index (χ2v) is 6.16. The fourth-order valence-corrected chi connectivity index (χ4v) is 2.93. The smallest absolute Gasteiger partial charge is 0.237 e. The zero-order valence-electron chi connectivity index (χ0n) is 11.3. The Bertz CT molecular complexity index is 430. The highest BCUT2D eigenvalue weighted by molar-refractivity contribution is 9.10. The van der Waals surface area contributed by atoms with E-state index >= 15 is 0 Å². The third kappa shape index (κ3) is 4.62. The van der Waals surface area contributed by atoms with E-state index in [0.717, 1.165) is 30.3 Å². The summed E-state index contributed by atoms with van der Waals surface area (Å²) in [4.78, 5) is 12.1. The van der Waals surface area contributed by atoms with Crippen molar-refractivity contribution < 1.29 is 4.79 Å². The van der Waals surface area contributed by atoms with E-state index in [2.05, 4.69) is 45.6 Å². The summed E-state index contributed by atoms with van der Waals surface area (Å²) in [6, 6.07) is 8.38. The van der Waals surface area contributed by atoms with E-state index in [4.69, 9.17) is 0 Å². The first-order chi connectivity index (χ1) is 9.15. The molecule has 2 rings (SSSR count). The van der Waals surface area contributed by atoms with Gasteiger partial charge in [0.15, 0.2) is 0 Å². The molecule has 1 aromatic rings. The van der Waals surface area contributed by atoms with Gasteiger partial charge >= 0.3 is 0 Å². The molecule has 104 valence electrons. The number of piperidine rings is 1. The molecule has 0 bridgehead atoms. The molecule has 2 unspecified atom stereocenters. The molecule has 1 aliphatic heterocycles. The fourth-order valence-electron chi connectivity index (χ4n) is 2.49. The van der Waals surface area contributed by atoms with Crippen LogP contribution in [0.4, 0.5) is 0 Å². The molecule has 4 heteroatoms. The highest BCUT2D eigenvalue weighted by atomic mass is 79.9. The number of halogens is 1. The Morgan fingerprint density at radius 1 is 1.53 bits per heavy atom. The van der Waals surface area contributed by atoms with Gasteiger partial charge in [-0.3, -0.25) is 4.79 Å². The van der Waals surface area contributed by atoms with Gasteiger partial charge in [0.05, 0.1) is 6.04 Å². The van der Waals surface area contributed by atoms with Crippen molar-refractivity contribution in [3.63, 3.8) is 0 Å². The van der Waals surface area contributed by atoms with Gasteiger partial charge in [-0.15, -0.1) is 0 Å². The monoisotopic (exact) mass is 324 g/mol. The van der Waals surface area contributed by atoms with Gasteiger partial charge in [-0.25, -0.2) is 0 Å². The van der Waals surface area contributed by atoms with Crippen molar-refractivity contribution in [1.82, 2.24) is 10.6 Å². The summed E-state index contributed by atoms with van der Waals surface area (Å²) in [6.45, 7) is 3.01. The number of carbonyl (C=O) groups is 1. The van der Waals surface area contributed by atoms with Crippen molar-refractivity contribution in [3.8, 4) is 0 Å². The van der Waals surface area contributed by atoms with Crippen molar-refractivity contribution in [2.45, 2.75) is 44.7 Å². The van der Waals surface area contributed by atoms with Crippen molar-refractivity contribution in [2.75, 3.05) is 6.54 Å². The Morgan fingerprint density at radius 3 is 3.05 bits per heavy atom. The molecule has 1 heterocycles. The Balaban J connectivity index is 1.83. The molecule has 1 aromatic carbocycles. The van der Waals surface area contributed by atoms with Crippen LogP contribution in [0.2, 0.25) is 0 Å². The van der Waals surface area contributed by atoms with Gasteiger partial charge in [0.2, 0.25) is 5.91 Å². The van der Waals surface area contributed by atoms with E-state index in [1.165, 1.54) is 12.0 Å². The molecule has 3 nitrogen and oxygen atoms in total. The van der Waals surface area contributed by atoms with Gasteiger partial charge in [-0.1, -0.05) is 34.5 Å². The first-order valence-corrected chi connectivity index (χ1v) is 7.72. The molecule has 2 N–H and O–H groups in total. The van der Waals surface area contributed by atoms with Crippen LogP contribution in [0.3, 0.4) is 0 Å². The summed E-state index contributed by atoms with van der Waals surface area (Å²) in [5.74, 6) is 0.141. The lowest BCUT2D eigenvalue weighted by Gasteiger charge is -2.24. The molecule has 1 aliphatic rings. The predicted molar refractivity (Wildman–Crippen MR) is 81.1 cm³/mol. The van der Waals surface area contributed by atoms with Gasteiger partial charge in [-0.2, -0.15) is 0 Å². The van der Waals surface area contributed by atoms with Crippen LogP contribution in [-0.4, -0.2) is 24.5 Å². The molecule has 1 amide bonds.